The van der Waals surface area contributed by atoms with Crippen molar-refractivity contribution in [2.45, 2.75) is 6.36 Å². The van der Waals surface area contributed by atoms with Crippen molar-refractivity contribution in [1.29, 1.82) is 0 Å². The SMILES string of the molecule is O=[N+]([O-])c1ccc(-c2ncn(-c3ccc(OC(F)(F)F)cc3)n2)cc1F. The van der Waals surface area contributed by atoms with Crippen LogP contribution in [-0.2, 0) is 0 Å². The maximum absolute atomic E-state index is 13.7. The second-order valence-corrected chi connectivity index (χ2v) is 4.98. The fraction of sp³-hybridized carbons (Fsp3) is 0.0667. The second-order valence-electron chi connectivity index (χ2n) is 4.98. The lowest BCUT2D eigenvalue weighted by Gasteiger charge is -2.09. The number of nitro groups is 1. The molecule has 0 bridgehead atoms. The molecule has 2 aromatic carbocycles. The van der Waals surface area contributed by atoms with Crippen LogP contribution >= 0.6 is 0 Å². The number of hydrogen-bond donors (Lipinski definition) is 0. The van der Waals surface area contributed by atoms with Gasteiger partial charge in [0.25, 0.3) is 0 Å². The van der Waals surface area contributed by atoms with E-state index in [-0.39, 0.29) is 17.1 Å². The molecule has 0 spiro atoms. The van der Waals surface area contributed by atoms with E-state index in [0.717, 1.165) is 24.3 Å². The van der Waals surface area contributed by atoms with E-state index in [4.69, 9.17) is 0 Å². The number of halogens is 4. The molecule has 134 valence electrons. The van der Waals surface area contributed by atoms with E-state index in [0.29, 0.717) is 5.69 Å². The van der Waals surface area contributed by atoms with E-state index in [1.54, 1.807) is 0 Å². The van der Waals surface area contributed by atoms with E-state index in [1.165, 1.54) is 29.2 Å². The topological polar surface area (TPSA) is 83.1 Å². The summed E-state index contributed by atoms with van der Waals surface area (Å²) in [5.41, 5.74) is -0.0713. The zero-order chi connectivity index (χ0) is 18.9. The smallest absolute Gasteiger partial charge is 0.406 e. The van der Waals surface area contributed by atoms with Gasteiger partial charge in [-0.25, -0.2) is 9.67 Å². The maximum Gasteiger partial charge on any atom is 0.573 e. The van der Waals surface area contributed by atoms with Crippen molar-refractivity contribution in [3.05, 3.63) is 64.7 Å². The first-order chi connectivity index (χ1) is 12.2. The fourth-order valence-corrected chi connectivity index (χ4v) is 2.11. The zero-order valence-corrected chi connectivity index (χ0v) is 12.6. The summed E-state index contributed by atoms with van der Waals surface area (Å²) in [4.78, 5) is 13.7. The minimum Gasteiger partial charge on any atom is -0.406 e. The second kappa shape index (κ2) is 6.43. The Balaban J connectivity index is 1.84. The van der Waals surface area contributed by atoms with Gasteiger partial charge in [0.1, 0.15) is 12.1 Å². The Morgan fingerprint density at radius 3 is 2.38 bits per heavy atom. The maximum atomic E-state index is 13.7. The molecule has 0 aliphatic heterocycles. The van der Waals surface area contributed by atoms with Gasteiger partial charge in [0.05, 0.1) is 10.6 Å². The number of nitro benzene ring substituents is 1. The Kier molecular flexibility index (Phi) is 4.28. The molecule has 0 saturated heterocycles. The van der Waals surface area contributed by atoms with Gasteiger partial charge in [-0.1, -0.05) is 0 Å². The number of aromatic nitrogens is 3. The summed E-state index contributed by atoms with van der Waals surface area (Å²) in [6.45, 7) is 0. The number of alkyl halides is 3. The van der Waals surface area contributed by atoms with Crippen LogP contribution in [0.5, 0.6) is 5.75 Å². The summed E-state index contributed by atoms with van der Waals surface area (Å²) >= 11 is 0. The first-order valence-electron chi connectivity index (χ1n) is 6.95. The number of benzene rings is 2. The molecule has 7 nitrogen and oxygen atoms in total. The van der Waals surface area contributed by atoms with Crippen molar-refractivity contribution in [1.82, 2.24) is 14.8 Å². The van der Waals surface area contributed by atoms with Gasteiger partial charge >= 0.3 is 12.0 Å². The molecule has 1 aromatic heterocycles. The molecule has 0 saturated carbocycles. The molecule has 0 unspecified atom stereocenters. The minimum atomic E-state index is -4.79. The van der Waals surface area contributed by atoms with Crippen molar-refractivity contribution in [3.63, 3.8) is 0 Å². The van der Waals surface area contributed by atoms with Crippen LogP contribution in [0.1, 0.15) is 0 Å². The Hall–Kier alpha value is -3.50. The lowest BCUT2D eigenvalue weighted by molar-refractivity contribution is -0.387. The largest absolute Gasteiger partial charge is 0.573 e. The van der Waals surface area contributed by atoms with Crippen LogP contribution in [0, 0.1) is 15.9 Å². The lowest BCUT2D eigenvalue weighted by Crippen LogP contribution is -2.17. The predicted molar refractivity (Wildman–Crippen MR) is 80.1 cm³/mol. The first-order valence-corrected chi connectivity index (χ1v) is 6.95. The number of ether oxygens (including phenoxy) is 1. The van der Waals surface area contributed by atoms with Gasteiger partial charge in [0.15, 0.2) is 5.82 Å². The summed E-state index contributed by atoms with van der Waals surface area (Å²) in [7, 11) is 0. The molecule has 0 radical (unpaired) electrons. The molecule has 0 N–H and O–H groups in total. The molecule has 0 aliphatic carbocycles. The first kappa shape index (κ1) is 17.3. The fourth-order valence-electron chi connectivity index (χ4n) is 2.11. The number of nitrogens with zero attached hydrogens (tertiary/aromatic N) is 4. The van der Waals surface area contributed by atoms with E-state index in [2.05, 4.69) is 14.8 Å². The van der Waals surface area contributed by atoms with Crippen LogP contribution in [-0.4, -0.2) is 26.1 Å². The van der Waals surface area contributed by atoms with Crippen molar-refractivity contribution in [2.75, 3.05) is 0 Å². The van der Waals surface area contributed by atoms with Crippen LogP contribution in [0.4, 0.5) is 23.2 Å². The van der Waals surface area contributed by atoms with E-state index in [9.17, 15) is 27.7 Å². The van der Waals surface area contributed by atoms with Crippen LogP contribution in [0.25, 0.3) is 17.1 Å². The standard InChI is InChI=1S/C15H8F4N4O3/c16-12-7-9(1-6-13(12)23(24)25)14-20-8-22(21-14)10-2-4-11(5-3-10)26-15(17,18)19/h1-8H. The molecule has 0 amide bonds. The van der Waals surface area contributed by atoms with Gasteiger partial charge in [0, 0.05) is 11.6 Å². The molecule has 1 heterocycles. The third-order valence-electron chi connectivity index (χ3n) is 3.23. The molecule has 0 fully saturated rings. The lowest BCUT2D eigenvalue weighted by atomic mass is 10.2. The number of rotatable bonds is 4. The molecule has 0 aliphatic rings. The monoisotopic (exact) mass is 368 g/mol. The molecular formula is C15H8F4N4O3. The summed E-state index contributed by atoms with van der Waals surface area (Å²) < 4.78 is 55.1. The van der Waals surface area contributed by atoms with Crippen LogP contribution in [0.3, 0.4) is 0 Å². The van der Waals surface area contributed by atoms with Crippen LogP contribution in [0.15, 0.2) is 48.8 Å². The van der Waals surface area contributed by atoms with Crippen LogP contribution in [0.2, 0.25) is 0 Å². The van der Waals surface area contributed by atoms with Gasteiger partial charge in [-0.3, -0.25) is 10.1 Å². The van der Waals surface area contributed by atoms with Crippen molar-refractivity contribution >= 4 is 5.69 Å². The van der Waals surface area contributed by atoms with Gasteiger partial charge in [0.2, 0.25) is 5.82 Å². The normalized spacial score (nSPS) is 11.4. The highest BCUT2D eigenvalue weighted by molar-refractivity contribution is 5.57. The van der Waals surface area contributed by atoms with Crippen molar-refractivity contribution in [3.8, 4) is 22.8 Å². The minimum absolute atomic E-state index is 0.0921. The number of hydrogen-bond acceptors (Lipinski definition) is 5. The molecule has 3 rings (SSSR count). The Bertz CT molecular complexity index is 954. The molecule has 11 heteroatoms. The third kappa shape index (κ3) is 3.77. The third-order valence-corrected chi connectivity index (χ3v) is 3.23. The highest BCUT2D eigenvalue weighted by Crippen LogP contribution is 2.25. The van der Waals surface area contributed by atoms with Gasteiger partial charge in [-0.05, 0) is 36.4 Å². The molecule has 0 atom stereocenters. The van der Waals surface area contributed by atoms with E-state index in [1.807, 2.05) is 0 Å². The highest BCUT2D eigenvalue weighted by atomic mass is 19.4. The van der Waals surface area contributed by atoms with E-state index < -0.39 is 22.8 Å². The van der Waals surface area contributed by atoms with Crippen molar-refractivity contribution < 1.29 is 27.2 Å². The Labute approximate surface area is 142 Å². The predicted octanol–water partition coefficient (Wildman–Crippen LogP) is 3.88. The zero-order valence-electron chi connectivity index (χ0n) is 12.6. The Morgan fingerprint density at radius 2 is 1.81 bits per heavy atom. The average molecular weight is 368 g/mol. The van der Waals surface area contributed by atoms with Gasteiger partial charge in [-0.2, -0.15) is 4.39 Å². The summed E-state index contributed by atoms with van der Waals surface area (Å²) in [5.74, 6) is -1.33. The molecule has 3 aromatic rings. The summed E-state index contributed by atoms with van der Waals surface area (Å²) in [6.07, 6.45) is -3.52. The average Bonchev–Trinajstić information content (AvgIpc) is 3.03. The Morgan fingerprint density at radius 1 is 1.12 bits per heavy atom. The van der Waals surface area contributed by atoms with Gasteiger partial charge in [-0.15, -0.1) is 18.3 Å². The summed E-state index contributed by atoms with van der Waals surface area (Å²) in [5, 5.41) is 14.7. The van der Waals surface area contributed by atoms with Gasteiger partial charge < -0.3 is 4.74 Å². The van der Waals surface area contributed by atoms with Crippen molar-refractivity contribution in [2.24, 2.45) is 0 Å². The summed E-state index contributed by atoms with van der Waals surface area (Å²) in [6, 6.07) is 8.09. The van der Waals surface area contributed by atoms with Crippen LogP contribution < -0.4 is 4.74 Å². The highest BCUT2D eigenvalue weighted by Gasteiger charge is 2.31. The molecular weight excluding hydrogens is 360 g/mol. The molecule has 26 heavy (non-hydrogen) atoms. The van der Waals surface area contributed by atoms with E-state index >= 15 is 0 Å². The quantitative estimate of drug-likeness (QED) is 0.396.